The van der Waals surface area contributed by atoms with Crippen molar-refractivity contribution in [2.24, 2.45) is 0 Å². The monoisotopic (exact) mass is 366 g/mol. The van der Waals surface area contributed by atoms with Crippen LogP contribution in [-0.2, 0) is 0 Å². The van der Waals surface area contributed by atoms with Gasteiger partial charge in [-0.05, 0) is 34.1 Å². The van der Waals surface area contributed by atoms with Crippen LogP contribution in [-0.4, -0.2) is 30.7 Å². The summed E-state index contributed by atoms with van der Waals surface area (Å²) in [6, 6.07) is 6.65. The number of benzene rings is 1. The molecule has 0 radical (unpaired) electrons. The lowest BCUT2D eigenvalue weighted by Crippen LogP contribution is -2.09. The van der Waals surface area contributed by atoms with E-state index in [1.165, 1.54) is 22.5 Å². The van der Waals surface area contributed by atoms with Gasteiger partial charge in [-0.2, -0.15) is 5.10 Å². The van der Waals surface area contributed by atoms with Crippen LogP contribution in [0.3, 0.4) is 0 Å². The van der Waals surface area contributed by atoms with Crippen LogP contribution >= 0.6 is 27.7 Å². The number of carboxylic acids is 1. The normalized spacial score (nSPS) is 10.9. The molecule has 9 heteroatoms. The fraction of sp³-hybridized carbons (Fsp3) is 0. The SMILES string of the molecule is O=C(O)c1cc(Sc2cc3n[nH]c(=O)n3cn2)ccc1Br. The van der Waals surface area contributed by atoms with E-state index in [0.717, 1.165) is 4.90 Å². The number of aromatic carboxylic acids is 1. The van der Waals surface area contributed by atoms with E-state index >= 15 is 0 Å². The first-order valence-corrected chi connectivity index (χ1v) is 7.29. The molecule has 0 aliphatic rings. The maximum Gasteiger partial charge on any atom is 0.348 e. The van der Waals surface area contributed by atoms with Crippen LogP contribution in [0.25, 0.3) is 5.65 Å². The molecule has 0 atom stereocenters. The van der Waals surface area contributed by atoms with Crippen LogP contribution in [0.4, 0.5) is 0 Å². The number of nitrogens with one attached hydrogen (secondary N) is 1. The first-order chi connectivity index (χ1) is 10.0. The summed E-state index contributed by atoms with van der Waals surface area (Å²) < 4.78 is 1.80. The zero-order chi connectivity index (χ0) is 15.0. The molecular formula is C12H7BrN4O3S. The van der Waals surface area contributed by atoms with E-state index < -0.39 is 5.97 Å². The fourth-order valence-electron chi connectivity index (χ4n) is 1.70. The quantitative estimate of drug-likeness (QED) is 0.687. The third-order valence-electron chi connectivity index (χ3n) is 2.68. The lowest BCUT2D eigenvalue weighted by molar-refractivity contribution is 0.0695. The second-order valence-electron chi connectivity index (χ2n) is 4.03. The Bertz CT molecular complexity index is 905. The molecule has 3 rings (SSSR count). The summed E-state index contributed by atoms with van der Waals surface area (Å²) in [6.07, 6.45) is 1.38. The van der Waals surface area contributed by atoms with Gasteiger partial charge in [0.1, 0.15) is 11.4 Å². The zero-order valence-electron chi connectivity index (χ0n) is 10.3. The van der Waals surface area contributed by atoms with Gasteiger partial charge in [-0.25, -0.2) is 24.1 Å². The Kier molecular flexibility index (Phi) is 3.52. The number of hydrogen-bond acceptors (Lipinski definition) is 5. The summed E-state index contributed by atoms with van der Waals surface area (Å²) in [6.45, 7) is 0. The molecule has 2 aromatic heterocycles. The van der Waals surface area contributed by atoms with Crippen molar-refractivity contribution in [2.45, 2.75) is 9.92 Å². The largest absolute Gasteiger partial charge is 0.478 e. The Morgan fingerprint density at radius 2 is 2.19 bits per heavy atom. The van der Waals surface area contributed by atoms with Gasteiger partial charge in [0.05, 0.1) is 5.56 Å². The lowest BCUT2D eigenvalue weighted by atomic mass is 10.2. The molecule has 0 bridgehead atoms. The van der Waals surface area contributed by atoms with Crippen LogP contribution in [0.5, 0.6) is 0 Å². The molecule has 0 saturated carbocycles. The molecule has 0 aliphatic carbocycles. The molecule has 0 saturated heterocycles. The maximum atomic E-state index is 11.3. The second-order valence-corrected chi connectivity index (χ2v) is 5.98. The number of H-pyrrole nitrogens is 1. The van der Waals surface area contributed by atoms with E-state index in [1.54, 1.807) is 24.3 Å². The third kappa shape index (κ3) is 2.69. The highest BCUT2D eigenvalue weighted by Gasteiger charge is 2.10. The number of carboxylic acid groups (broad SMARTS) is 1. The van der Waals surface area contributed by atoms with Gasteiger partial charge in [-0.3, -0.25) is 0 Å². The van der Waals surface area contributed by atoms with E-state index in [9.17, 15) is 9.59 Å². The molecule has 1 aromatic carbocycles. The van der Waals surface area contributed by atoms with E-state index in [2.05, 4.69) is 31.1 Å². The van der Waals surface area contributed by atoms with Crippen molar-refractivity contribution in [3.63, 3.8) is 0 Å². The minimum absolute atomic E-state index is 0.178. The van der Waals surface area contributed by atoms with Crippen molar-refractivity contribution < 1.29 is 9.90 Å². The molecule has 21 heavy (non-hydrogen) atoms. The minimum Gasteiger partial charge on any atom is -0.478 e. The van der Waals surface area contributed by atoms with E-state index in [1.807, 2.05) is 0 Å². The summed E-state index contributed by atoms with van der Waals surface area (Å²) in [5.74, 6) is -1.01. The van der Waals surface area contributed by atoms with Gasteiger partial charge in [0.25, 0.3) is 0 Å². The first kappa shape index (κ1) is 13.8. The van der Waals surface area contributed by atoms with Gasteiger partial charge in [0.2, 0.25) is 0 Å². The molecule has 0 spiro atoms. The van der Waals surface area contributed by atoms with Crippen molar-refractivity contribution in [1.29, 1.82) is 0 Å². The van der Waals surface area contributed by atoms with Crippen LogP contribution in [0, 0.1) is 0 Å². The third-order valence-corrected chi connectivity index (χ3v) is 4.29. The predicted octanol–water partition coefficient (Wildman–Crippen LogP) is 2.03. The number of aromatic nitrogens is 4. The standard InChI is InChI=1S/C12H7BrN4O3S/c13-8-2-1-6(3-7(8)11(18)19)21-10-4-9-15-16-12(20)17(9)5-14-10/h1-5H,(H,16,20)(H,18,19). The van der Waals surface area contributed by atoms with Crippen molar-refractivity contribution in [3.05, 3.63) is 51.1 Å². The molecule has 0 aliphatic heterocycles. The number of fused-ring (bicyclic) bond motifs is 1. The fourth-order valence-corrected chi connectivity index (χ4v) is 2.94. The average molecular weight is 367 g/mol. The van der Waals surface area contributed by atoms with Gasteiger partial charge < -0.3 is 5.11 Å². The topological polar surface area (TPSA) is 100 Å². The lowest BCUT2D eigenvalue weighted by Gasteiger charge is -2.04. The van der Waals surface area contributed by atoms with Crippen molar-refractivity contribution in [1.82, 2.24) is 19.6 Å². The molecule has 0 amide bonds. The molecular weight excluding hydrogens is 360 g/mol. The number of hydrogen-bond donors (Lipinski definition) is 2. The van der Waals surface area contributed by atoms with Crippen LogP contribution in [0.15, 0.2) is 49.8 Å². The summed E-state index contributed by atoms with van der Waals surface area (Å²) in [4.78, 5) is 27.3. The molecule has 2 heterocycles. The molecule has 7 nitrogen and oxygen atoms in total. The van der Waals surface area contributed by atoms with E-state index in [4.69, 9.17) is 5.11 Å². The molecule has 2 N–H and O–H groups in total. The molecule has 106 valence electrons. The van der Waals surface area contributed by atoms with Gasteiger partial charge >= 0.3 is 11.7 Å². The summed E-state index contributed by atoms with van der Waals surface area (Å²) >= 11 is 4.48. The van der Waals surface area contributed by atoms with Gasteiger partial charge in [0, 0.05) is 15.4 Å². The summed E-state index contributed by atoms with van der Waals surface area (Å²) in [7, 11) is 0. The Morgan fingerprint density at radius 1 is 1.38 bits per heavy atom. The van der Waals surface area contributed by atoms with E-state index in [0.29, 0.717) is 15.1 Å². The summed E-state index contributed by atoms with van der Waals surface area (Å²) in [5, 5.41) is 15.9. The Hall–Kier alpha value is -2.13. The minimum atomic E-state index is -1.01. The maximum absolute atomic E-state index is 11.3. The van der Waals surface area contributed by atoms with Crippen molar-refractivity contribution >= 4 is 39.3 Å². The number of carbonyl (C=O) groups is 1. The highest BCUT2D eigenvalue weighted by Crippen LogP contribution is 2.29. The number of rotatable bonds is 3. The van der Waals surface area contributed by atoms with Crippen LogP contribution in [0.2, 0.25) is 0 Å². The highest BCUT2D eigenvalue weighted by atomic mass is 79.9. The van der Waals surface area contributed by atoms with Gasteiger partial charge in [-0.15, -0.1) is 0 Å². The second kappa shape index (κ2) is 5.34. The Balaban J connectivity index is 1.96. The zero-order valence-corrected chi connectivity index (χ0v) is 12.7. The smallest absolute Gasteiger partial charge is 0.348 e. The number of halogens is 1. The first-order valence-electron chi connectivity index (χ1n) is 5.68. The molecule has 3 aromatic rings. The summed E-state index contributed by atoms with van der Waals surface area (Å²) in [5.41, 5.74) is 0.274. The van der Waals surface area contributed by atoms with Crippen LogP contribution < -0.4 is 5.69 Å². The highest BCUT2D eigenvalue weighted by molar-refractivity contribution is 9.10. The molecule has 0 unspecified atom stereocenters. The number of aromatic amines is 1. The predicted molar refractivity (Wildman–Crippen MR) is 78.8 cm³/mol. The number of nitrogens with zero attached hydrogens (tertiary/aromatic N) is 3. The van der Waals surface area contributed by atoms with Gasteiger partial charge in [0.15, 0.2) is 5.65 Å². The van der Waals surface area contributed by atoms with Crippen LogP contribution in [0.1, 0.15) is 10.4 Å². The van der Waals surface area contributed by atoms with E-state index in [-0.39, 0.29) is 11.3 Å². The van der Waals surface area contributed by atoms with Gasteiger partial charge in [-0.1, -0.05) is 11.8 Å². The Labute approximate surface area is 130 Å². The van der Waals surface area contributed by atoms with Crippen molar-refractivity contribution in [3.8, 4) is 0 Å². The Morgan fingerprint density at radius 3 is 2.95 bits per heavy atom. The molecule has 0 fully saturated rings. The van der Waals surface area contributed by atoms with Crippen molar-refractivity contribution in [2.75, 3.05) is 0 Å². The average Bonchev–Trinajstić information content (AvgIpc) is 2.82.